The molecule has 0 aliphatic heterocycles. The van der Waals surface area contributed by atoms with Crippen LogP contribution in [0.5, 0.6) is 5.75 Å². The molecule has 2 aromatic carbocycles. The number of rotatable bonds is 7. The lowest BCUT2D eigenvalue weighted by Gasteiger charge is -2.06. The van der Waals surface area contributed by atoms with Crippen molar-refractivity contribution in [2.75, 3.05) is 20.3 Å². The molecule has 0 spiro atoms. The van der Waals surface area contributed by atoms with E-state index < -0.39 is 0 Å². The molecule has 0 heterocycles. The highest BCUT2D eigenvalue weighted by atomic mass is 31.1. The van der Waals surface area contributed by atoms with E-state index in [9.17, 15) is 4.79 Å². The lowest BCUT2D eigenvalue weighted by atomic mass is 10.2. The molecule has 0 fully saturated rings. The highest BCUT2D eigenvalue weighted by Gasteiger charge is 2.06. The molecule has 0 N–H and O–H groups in total. The van der Waals surface area contributed by atoms with Gasteiger partial charge >= 0.3 is 0 Å². The number of ether oxygens (including phenoxy) is 2. The summed E-state index contributed by atoms with van der Waals surface area (Å²) in [5.41, 5.74) is 0.907. The van der Waals surface area contributed by atoms with Crippen molar-refractivity contribution in [1.82, 2.24) is 0 Å². The summed E-state index contributed by atoms with van der Waals surface area (Å²) in [5.74, 6) is 0.794. The molecule has 4 heteroatoms. The van der Waals surface area contributed by atoms with Crippen LogP contribution in [0.25, 0.3) is 0 Å². The minimum atomic E-state index is 0.135. The average molecular weight is 288 g/mol. The number of methoxy groups -OCH3 is 1. The quantitative estimate of drug-likeness (QED) is 0.580. The molecule has 0 saturated heterocycles. The highest BCUT2D eigenvalue weighted by Crippen LogP contribution is 2.20. The standard InChI is InChI=1S/C16H17O3P/c1-18-11-12-19-14-7-9-15(10-8-14)20-16(17)13-5-3-2-4-6-13/h2-10,20H,11-12H2,1H3. The minimum absolute atomic E-state index is 0.135. The topological polar surface area (TPSA) is 35.5 Å². The molecular weight excluding hydrogens is 271 g/mol. The van der Waals surface area contributed by atoms with Crippen molar-refractivity contribution in [3.8, 4) is 5.75 Å². The second-order valence-electron chi connectivity index (χ2n) is 4.19. The molecule has 0 aliphatic carbocycles. The first-order valence-electron chi connectivity index (χ1n) is 6.38. The Balaban J connectivity index is 1.92. The maximum atomic E-state index is 12.1. The number of benzene rings is 2. The normalized spacial score (nSPS) is 10.8. The van der Waals surface area contributed by atoms with Crippen molar-refractivity contribution in [1.29, 1.82) is 0 Å². The van der Waals surface area contributed by atoms with Gasteiger partial charge in [0.15, 0.2) is 5.52 Å². The van der Waals surface area contributed by atoms with E-state index in [1.54, 1.807) is 7.11 Å². The maximum Gasteiger partial charge on any atom is 0.185 e. The third-order valence-corrected chi connectivity index (χ3v) is 3.84. The Bertz CT molecular complexity index is 537. The van der Waals surface area contributed by atoms with Gasteiger partial charge < -0.3 is 9.47 Å². The van der Waals surface area contributed by atoms with E-state index in [1.165, 1.54) is 0 Å². The van der Waals surface area contributed by atoms with E-state index in [2.05, 4.69) is 0 Å². The Kier molecular flexibility index (Phi) is 5.72. The van der Waals surface area contributed by atoms with Gasteiger partial charge in [0.2, 0.25) is 0 Å². The summed E-state index contributed by atoms with van der Waals surface area (Å²) in [6.07, 6.45) is 0. The SMILES string of the molecule is COCCOc1ccc(PC(=O)c2ccccc2)cc1. The van der Waals surface area contributed by atoms with Gasteiger partial charge in [-0.3, -0.25) is 4.79 Å². The van der Waals surface area contributed by atoms with Crippen molar-refractivity contribution in [3.05, 3.63) is 60.2 Å². The van der Waals surface area contributed by atoms with Crippen LogP contribution in [0, 0.1) is 0 Å². The van der Waals surface area contributed by atoms with E-state index in [-0.39, 0.29) is 14.1 Å². The third kappa shape index (κ3) is 4.44. The van der Waals surface area contributed by atoms with Crippen LogP contribution in [0.1, 0.15) is 10.4 Å². The van der Waals surface area contributed by atoms with Crippen molar-refractivity contribution in [2.45, 2.75) is 0 Å². The third-order valence-electron chi connectivity index (χ3n) is 2.70. The van der Waals surface area contributed by atoms with E-state index in [4.69, 9.17) is 9.47 Å². The molecule has 2 rings (SSSR count). The Labute approximate surface area is 120 Å². The largest absolute Gasteiger partial charge is 0.491 e. The zero-order chi connectivity index (χ0) is 14.2. The van der Waals surface area contributed by atoms with Gasteiger partial charge in [-0.25, -0.2) is 0 Å². The number of carbonyl (C=O) groups is 1. The predicted molar refractivity (Wildman–Crippen MR) is 82.5 cm³/mol. The summed E-state index contributed by atoms with van der Waals surface area (Å²) >= 11 is 0. The Morgan fingerprint density at radius 3 is 2.35 bits per heavy atom. The van der Waals surface area contributed by atoms with Crippen LogP contribution in [-0.2, 0) is 4.74 Å². The number of hydrogen-bond acceptors (Lipinski definition) is 3. The molecule has 104 valence electrons. The molecule has 0 radical (unpaired) electrons. The molecule has 3 nitrogen and oxygen atoms in total. The van der Waals surface area contributed by atoms with Gasteiger partial charge in [-0.1, -0.05) is 42.5 Å². The summed E-state index contributed by atoms with van der Waals surface area (Å²) < 4.78 is 10.4. The van der Waals surface area contributed by atoms with E-state index in [0.717, 1.165) is 16.6 Å². The fraction of sp³-hybridized carbons (Fsp3) is 0.188. The summed E-state index contributed by atoms with van der Waals surface area (Å²) in [7, 11) is 1.78. The minimum Gasteiger partial charge on any atom is -0.491 e. The highest BCUT2D eigenvalue weighted by molar-refractivity contribution is 7.66. The van der Waals surface area contributed by atoms with Crippen LogP contribution in [0.2, 0.25) is 0 Å². The maximum absolute atomic E-state index is 12.1. The van der Waals surface area contributed by atoms with Crippen LogP contribution in [0.3, 0.4) is 0 Å². The van der Waals surface area contributed by atoms with Crippen molar-refractivity contribution in [3.63, 3.8) is 0 Å². The molecule has 0 bridgehead atoms. The van der Waals surface area contributed by atoms with Gasteiger partial charge in [-0.15, -0.1) is 0 Å². The molecular formula is C16H17O3P. The van der Waals surface area contributed by atoms with Gasteiger partial charge in [0, 0.05) is 12.7 Å². The molecule has 0 aromatic heterocycles. The summed E-state index contributed by atoms with van der Waals surface area (Å²) in [5, 5.41) is 1.01. The van der Waals surface area contributed by atoms with Crippen LogP contribution in [0.4, 0.5) is 0 Å². The molecule has 20 heavy (non-hydrogen) atoms. The molecule has 0 aliphatic rings. The van der Waals surface area contributed by atoms with Crippen molar-refractivity contribution in [2.24, 2.45) is 0 Å². The second kappa shape index (κ2) is 7.78. The molecule has 0 amide bonds. The van der Waals surface area contributed by atoms with Crippen LogP contribution < -0.4 is 10.0 Å². The predicted octanol–water partition coefficient (Wildman–Crippen LogP) is 2.86. The number of carbonyl (C=O) groups excluding carboxylic acids is 1. The average Bonchev–Trinajstić information content (AvgIpc) is 2.50. The molecule has 2 aromatic rings. The summed E-state index contributed by atoms with van der Waals surface area (Å²) in [4.78, 5) is 12.1. The lowest BCUT2D eigenvalue weighted by Crippen LogP contribution is -2.05. The Hall–Kier alpha value is -1.70. The van der Waals surface area contributed by atoms with Crippen LogP contribution in [-0.4, -0.2) is 25.8 Å². The smallest absolute Gasteiger partial charge is 0.185 e. The van der Waals surface area contributed by atoms with E-state index >= 15 is 0 Å². The second-order valence-corrected chi connectivity index (χ2v) is 5.47. The first kappa shape index (κ1) is 14.7. The number of hydrogen-bond donors (Lipinski definition) is 0. The van der Waals surface area contributed by atoms with Gasteiger partial charge in [0.25, 0.3) is 0 Å². The molecule has 0 saturated carbocycles. The van der Waals surface area contributed by atoms with Crippen LogP contribution in [0.15, 0.2) is 54.6 Å². The molecule has 1 atom stereocenters. The fourth-order valence-corrected chi connectivity index (χ4v) is 2.58. The zero-order valence-corrected chi connectivity index (χ0v) is 12.3. The Morgan fingerprint density at radius 1 is 1.00 bits per heavy atom. The Morgan fingerprint density at radius 2 is 1.70 bits per heavy atom. The van der Waals surface area contributed by atoms with Gasteiger partial charge in [-0.05, 0) is 26.0 Å². The first-order valence-corrected chi connectivity index (χ1v) is 7.38. The van der Waals surface area contributed by atoms with Crippen molar-refractivity contribution >= 4 is 19.4 Å². The fourth-order valence-electron chi connectivity index (χ4n) is 1.67. The van der Waals surface area contributed by atoms with E-state index in [0.29, 0.717) is 13.2 Å². The lowest BCUT2D eigenvalue weighted by molar-refractivity contribution is 0.108. The monoisotopic (exact) mass is 288 g/mol. The van der Waals surface area contributed by atoms with Gasteiger partial charge in [0.05, 0.1) is 6.61 Å². The molecule has 1 unspecified atom stereocenters. The first-order chi connectivity index (χ1) is 9.79. The van der Waals surface area contributed by atoms with Crippen LogP contribution >= 0.6 is 8.58 Å². The summed E-state index contributed by atoms with van der Waals surface area (Å²) in [6.45, 7) is 1.09. The van der Waals surface area contributed by atoms with Crippen molar-refractivity contribution < 1.29 is 14.3 Å². The summed E-state index contributed by atoms with van der Waals surface area (Å²) in [6, 6.07) is 17.0. The zero-order valence-electron chi connectivity index (χ0n) is 11.3. The van der Waals surface area contributed by atoms with Gasteiger partial charge in [0.1, 0.15) is 12.4 Å². The van der Waals surface area contributed by atoms with E-state index in [1.807, 2.05) is 54.6 Å². The van der Waals surface area contributed by atoms with Gasteiger partial charge in [-0.2, -0.15) is 0 Å².